The van der Waals surface area contributed by atoms with Crippen LogP contribution in [-0.2, 0) is 0 Å². The summed E-state index contributed by atoms with van der Waals surface area (Å²) in [7, 11) is 0. The Morgan fingerprint density at radius 3 is 2.57 bits per heavy atom. The second kappa shape index (κ2) is 11.5. The molecule has 0 aliphatic carbocycles. The van der Waals surface area contributed by atoms with Crippen molar-refractivity contribution in [2.24, 2.45) is 0 Å². The standard InChI is InChI=1S/C22H31N5OS.ClH/c1-16-7-5-8-20(18(16)3)27-13-11-26(12-14-27)10-6-9-23-21(28)19-15-17(2)24-22(25-19)29-4;/h5,7-8,15H,6,9-14H2,1-4H3,(H,23,28);1H. The molecular weight excluding hydrogens is 418 g/mol. The first-order chi connectivity index (χ1) is 14.0. The first-order valence-electron chi connectivity index (χ1n) is 10.2. The van der Waals surface area contributed by atoms with Crippen molar-refractivity contribution in [3.63, 3.8) is 0 Å². The number of nitrogens with zero attached hydrogens (tertiary/aromatic N) is 4. The van der Waals surface area contributed by atoms with Gasteiger partial charge in [0.25, 0.3) is 5.91 Å². The fourth-order valence-electron chi connectivity index (χ4n) is 3.63. The summed E-state index contributed by atoms with van der Waals surface area (Å²) in [6.45, 7) is 12.1. The van der Waals surface area contributed by atoms with Crippen LogP contribution in [0.4, 0.5) is 5.69 Å². The van der Waals surface area contributed by atoms with E-state index in [2.05, 4.69) is 57.1 Å². The van der Waals surface area contributed by atoms with Gasteiger partial charge in [-0.15, -0.1) is 12.4 Å². The van der Waals surface area contributed by atoms with Crippen molar-refractivity contribution in [2.75, 3.05) is 50.4 Å². The monoisotopic (exact) mass is 449 g/mol. The van der Waals surface area contributed by atoms with Crippen LogP contribution in [0.2, 0.25) is 0 Å². The minimum atomic E-state index is -0.120. The summed E-state index contributed by atoms with van der Waals surface area (Å²) in [6.07, 6.45) is 2.85. The first-order valence-corrected chi connectivity index (χ1v) is 11.4. The van der Waals surface area contributed by atoms with Crippen molar-refractivity contribution in [2.45, 2.75) is 32.3 Å². The molecule has 2 heterocycles. The van der Waals surface area contributed by atoms with Crippen molar-refractivity contribution in [1.82, 2.24) is 20.2 Å². The van der Waals surface area contributed by atoms with E-state index >= 15 is 0 Å². The van der Waals surface area contributed by atoms with Crippen LogP contribution in [0.1, 0.15) is 33.7 Å². The van der Waals surface area contributed by atoms with Crippen LogP contribution < -0.4 is 10.2 Å². The highest BCUT2D eigenvalue weighted by Crippen LogP contribution is 2.23. The number of hydrogen-bond acceptors (Lipinski definition) is 6. The average molecular weight is 450 g/mol. The molecule has 0 spiro atoms. The van der Waals surface area contributed by atoms with Crippen molar-refractivity contribution >= 4 is 35.8 Å². The Kier molecular flexibility index (Phi) is 9.39. The Balaban J connectivity index is 0.00000320. The highest BCUT2D eigenvalue weighted by atomic mass is 35.5. The Labute approximate surface area is 190 Å². The fourth-order valence-corrected chi connectivity index (χ4v) is 4.06. The quantitative estimate of drug-likeness (QED) is 0.396. The maximum Gasteiger partial charge on any atom is 0.270 e. The molecule has 30 heavy (non-hydrogen) atoms. The van der Waals surface area contributed by atoms with Gasteiger partial charge in [0.05, 0.1) is 0 Å². The van der Waals surface area contributed by atoms with E-state index in [1.807, 2.05) is 13.2 Å². The molecule has 0 atom stereocenters. The Bertz CT molecular complexity index is 855. The van der Waals surface area contributed by atoms with E-state index in [1.54, 1.807) is 6.07 Å². The number of anilines is 1. The number of aryl methyl sites for hydroxylation is 2. The Hall–Kier alpha value is -1.83. The van der Waals surface area contributed by atoms with Crippen molar-refractivity contribution in [3.8, 4) is 0 Å². The van der Waals surface area contributed by atoms with Crippen LogP contribution in [0.3, 0.4) is 0 Å². The van der Waals surface area contributed by atoms with E-state index in [4.69, 9.17) is 0 Å². The largest absolute Gasteiger partial charge is 0.369 e. The lowest BCUT2D eigenvalue weighted by molar-refractivity contribution is 0.0945. The lowest BCUT2D eigenvalue weighted by Crippen LogP contribution is -2.47. The summed E-state index contributed by atoms with van der Waals surface area (Å²) in [5, 5.41) is 3.63. The number of halogens is 1. The molecule has 1 aromatic carbocycles. The Morgan fingerprint density at radius 2 is 1.87 bits per heavy atom. The third-order valence-electron chi connectivity index (χ3n) is 5.47. The van der Waals surface area contributed by atoms with E-state index < -0.39 is 0 Å². The molecule has 6 nitrogen and oxygen atoms in total. The highest BCUT2D eigenvalue weighted by molar-refractivity contribution is 7.98. The maximum absolute atomic E-state index is 12.3. The van der Waals surface area contributed by atoms with Crippen molar-refractivity contribution in [1.29, 1.82) is 0 Å². The third-order valence-corrected chi connectivity index (χ3v) is 6.02. The molecule has 0 radical (unpaired) electrons. The summed E-state index contributed by atoms with van der Waals surface area (Å²) < 4.78 is 0. The number of benzene rings is 1. The molecular formula is C22H32ClN5OS. The zero-order chi connectivity index (χ0) is 20.8. The van der Waals surface area contributed by atoms with E-state index in [9.17, 15) is 4.79 Å². The summed E-state index contributed by atoms with van der Waals surface area (Å²) in [4.78, 5) is 25.9. The molecule has 3 rings (SSSR count). The van der Waals surface area contributed by atoms with Gasteiger partial charge in [0, 0.05) is 44.1 Å². The molecule has 1 aliphatic heterocycles. The first kappa shape index (κ1) is 24.4. The Morgan fingerprint density at radius 1 is 1.13 bits per heavy atom. The molecule has 1 saturated heterocycles. The SMILES string of the molecule is CSc1nc(C)cc(C(=O)NCCCN2CCN(c3cccc(C)c3C)CC2)n1.Cl. The molecule has 1 fully saturated rings. The molecule has 8 heteroatoms. The van der Waals surface area contributed by atoms with Gasteiger partial charge in [-0.05, 0) is 63.3 Å². The minimum absolute atomic E-state index is 0. The molecule has 164 valence electrons. The van der Waals surface area contributed by atoms with Gasteiger partial charge in [0.1, 0.15) is 5.69 Å². The van der Waals surface area contributed by atoms with Gasteiger partial charge in [0.15, 0.2) is 5.16 Å². The lowest BCUT2D eigenvalue weighted by Gasteiger charge is -2.37. The molecule has 1 aromatic heterocycles. The fraction of sp³-hybridized carbons (Fsp3) is 0.500. The highest BCUT2D eigenvalue weighted by Gasteiger charge is 2.18. The molecule has 1 aliphatic rings. The number of aromatic nitrogens is 2. The number of thioether (sulfide) groups is 1. The van der Waals surface area contributed by atoms with Crippen LogP contribution in [-0.4, -0.2) is 66.3 Å². The van der Waals surface area contributed by atoms with E-state index in [1.165, 1.54) is 28.6 Å². The summed E-state index contributed by atoms with van der Waals surface area (Å²) in [5.74, 6) is -0.120. The van der Waals surface area contributed by atoms with Crippen LogP contribution in [0, 0.1) is 20.8 Å². The van der Waals surface area contributed by atoms with E-state index in [0.29, 0.717) is 17.4 Å². The number of nitrogens with one attached hydrogen (secondary N) is 1. The molecule has 0 saturated carbocycles. The zero-order valence-corrected chi connectivity index (χ0v) is 19.9. The predicted octanol–water partition coefficient (Wildman–Crippen LogP) is 3.49. The molecule has 1 amide bonds. The van der Waals surface area contributed by atoms with Crippen molar-refractivity contribution < 1.29 is 4.79 Å². The predicted molar refractivity (Wildman–Crippen MR) is 127 cm³/mol. The summed E-state index contributed by atoms with van der Waals surface area (Å²) in [6, 6.07) is 8.29. The number of hydrogen-bond donors (Lipinski definition) is 1. The van der Waals surface area contributed by atoms with Crippen LogP contribution in [0.15, 0.2) is 29.4 Å². The number of carbonyl (C=O) groups excluding carboxylic acids is 1. The van der Waals surface area contributed by atoms with Crippen LogP contribution in [0.25, 0.3) is 0 Å². The minimum Gasteiger partial charge on any atom is -0.369 e. The maximum atomic E-state index is 12.3. The van der Waals surface area contributed by atoms with Crippen molar-refractivity contribution in [3.05, 3.63) is 46.8 Å². The van der Waals surface area contributed by atoms with Gasteiger partial charge in [0.2, 0.25) is 0 Å². The average Bonchev–Trinajstić information content (AvgIpc) is 2.73. The second-order valence-corrected chi connectivity index (χ2v) is 8.31. The van der Waals surface area contributed by atoms with E-state index in [0.717, 1.165) is 44.8 Å². The van der Waals surface area contributed by atoms with Gasteiger partial charge in [-0.3, -0.25) is 9.69 Å². The third kappa shape index (κ3) is 6.33. The van der Waals surface area contributed by atoms with Gasteiger partial charge < -0.3 is 10.2 Å². The lowest BCUT2D eigenvalue weighted by atomic mass is 10.1. The topological polar surface area (TPSA) is 61.4 Å². The van der Waals surface area contributed by atoms with Gasteiger partial charge in [-0.25, -0.2) is 9.97 Å². The number of carbonyl (C=O) groups is 1. The van der Waals surface area contributed by atoms with Gasteiger partial charge in [-0.1, -0.05) is 23.9 Å². The zero-order valence-electron chi connectivity index (χ0n) is 18.3. The summed E-state index contributed by atoms with van der Waals surface area (Å²) >= 11 is 1.45. The van der Waals surface area contributed by atoms with Gasteiger partial charge in [-0.2, -0.15) is 0 Å². The van der Waals surface area contributed by atoms with E-state index in [-0.39, 0.29) is 18.3 Å². The van der Waals surface area contributed by atoms with Gasteiger partial charge >= 0.3 is 0 Å². The smallest absolute Gasteiger partial charge is 0.270 e. The molecule has 2 aromatic rings. The second-order valence-electron chi connectivity index (χ2n) is 7.54. The number of rotatable bonds is 7. The normalized spacial score (nSPS) is 14.3. The molecule has 0 bridgehead atoms. The summed E-state index contributed by atoms with van der Waals surface area (Å²) in [5.41, 5.74) is 5.36. The molecule has 0 unspecified atom stereocenters. The molecule has 1 N–H and O–H groups in total. The van der Waals surface area contributed by atoms with Crippen LogP contribution in [0.5, 0.6) is 0 Å². The number of amides is 1. The van der Waals surface area contributed by atoms with Crippen LogP contribution >= 0.6 is 24.2 Å². The number of piperazine rings is 1.